The maximum absolute atomic E-state index is 2.65. The molecule has 83 heavy (non-hydrogen) atoms. The smallest absolute Gasteiger partial charge is 0.00213 e. The third kappa shape index (κ3) is 10.2. The van der Waals surface area contributed by atoms with Crippen LogP contribution in [0, 0.1) is 0 Å². The van der Waals surface area contributed by atoms with Gasteiger partial charge in [0.2, 0.25) is 0 Å². The van der Waals surface area contributed by atoms with Crippen LogP contribution in [0.3, 0.4) is 0 Å². The fourth-order valence-corrected chi connectivity index (χ4v) is 15.4. The van der Waals surface area contributed by atoms with Crippen molar-refractivity contribution >= 4 is 0 Å². The quantitative estimate of drug-likeness (QED) is 0.114. The van der Waals surface area contributed by atoms with Crippen molar-refractivity contribution in [2.75, 3.05) is 0 Å². The first-order valence-electron chi connectivity index (χ1n) is 29.7. The lowest BCUT2D eigenvalue weighted by molar-refractivity contribution is 0.0167. The van der Waals surface area contributed by atoms with Crippen molar-refractivity contribution in [2.45, 2.75) is 67.6 Å². The molecule has 2 aliphatic carbocycles. The van der Waals surface area contributed by atoms with Crippen molar-refractivity contribution in [1.29, 1.82) is 0 Å². The van der Waals surface area contributed by atoms with Crippen molar-refractivity contribution in [1.82, 2.24) is 0 Å². The summed E-state index contributed by atoms with van der Waals surface area (Å²) in [6.07, 6.45) is 4.85. The van der Waals surface area contributed by atoms with Crippen LogP contribution in [0.4, 0.5) is 0 Å². The molecule has 2 bridgehead atoms. The van der Waals surface area contributed by atoms with Gasteiger partial charge in [-0.25, -0.2) is 0 Å². The predicted octanol–water partition coefficient (Wildman–Crippen LogP) is 22.1. The molecule has 14 rings (SSSR count). The van der Waals surface area contributed by atoms with Gasteiger partial charge in [-0.05, 0) is 189 Å². The summed E-state index contributed by atoms with van der Waals surface area (Å²) >= 11 is 0. The highest BCUT2D eigenvalue weighted by atomic mass is 14.7. The van der Waals surface area contributed by atoms with Crippen LogP contribution >= 0.6 is 0 Å². The second kappa shape index (κ2) is 21.5. The molecule has 0 heterocycles. The van der Waals surface area contributed by atoms with E-state index in [1.54, 1.807) is 0 Å². The SMILES string of the molecule is CC1(c2cc(-c3ccccc3)cc(-c3ccccc3)c2)CC2(c3cc(-c4ccccc4)cc(-c4ccccc4)c3)CC(C)(c3cc(-c4ccccc4)cc(-c4ccccc4)c3)CC(c3cc(-c4ccccc4)cc(-c4ccccc4)c3)(C1)C2. The van der Waals surface area contributed by atoms with Crippen LogP contribution in [0.25, 0.3) is 89.0 Å². The minimum Gasteiger partial charge on any atom is -0.0622 e. The van der Waals surface area contributed by atoms with Crippen LogP contribution in [0.5, 0.6) is 0 Å². The van der Waals surface area contributed by atoms with Crippen LogP contribution in [0.15, 0.2) is 315 Å². The van der Waals surface area contributed by atoms with Gasteiger partial charge in [-0.1, -0.05) is 305 Å². The predicted molar refractivity (Wildman–Crippen MR) is 350 cm³/mol. The summed E-state index contributed by atoms with van der Waals surface area (Å²) in [6, 6.07) is 119. The Labute approximate surface area is 491 Å². The topological polar surface area (TPSA) is 0 Å². The highest BCUT2D eigenvalue weighted by molar-refractivity contribution is 5.80. The molecule has 2 saturated carbocycles. The number of hydrogen-bond donors (Lipinski definition) is 0. The maximum Gasteiger partial charge on any atom is -0.00213 e. The van der Waals surface area contributed by atoms with Gasteiger partial charge in [0.1, 0.15) is 0 Å². The number of benzene rings is 12. The number of rotatable bonds is 12. The first-order valence-corrected chi connectivity index (χ1v) is 29.7. The Balaban J connectivity index is 1.09. The van der Waals surface area contributed by atoms with E-state index in [0.717, 1.165) is 32.1 Å². The molecule has 0 atom stereocenters. The largest absolute Gasteiger partial charge is 0.0622 e. The molecular weight excluding hydrogens is 997 g/mol. The molecule has 0 amide bonds. The van der Waals surface area contributed by atoms with Crippen LogP contribution in [-0.4, -0.2) is 0 Å². The molecule has 2 aliphatic rings. The molecule has 0 spiro atoms. The molecule has 0 aliphatic heterocycles. The monoisotopic (exact) mass is 1060 g/mol. The van der Waals surface area contributed by atoms with Gasteiger partial charge in [0, 0.05) is 0 Å². The molecule has 12 aromatic rings. The van der Waals surface area contributed by atoms with E-state index in [0.29, 0.717) is 0 Å². The van der Waals surface area contributed by atoms with E-state index in [-0.39, 0.29) is 21.7 Å². The van der Waals surface area contributed by atoms with Crippen LogP contribution in [0.1, 0.15) is 68.2 Å². The highest BCUT2D eigenvalue weighted by Gasteiger charge is 2.62. The molecule has 0 nitrogen and oxygen atoms in total. The Morgan fingerprint density at radius 2 is 0.325 bits per heavy atom. The lowest BCUT2D eigenvalue weighted by Gasteiger charge is -2.64. The summed E-state index contributed by atoms with van der Waals surface area (Å²) in [5.41, 5.74) is 24.3. The summed E-state index contributed by atoms with van der Waals surface area (Å²) in [7, 11) is 0. The molecule has 0 aromatic heterocycles. The van der Waals surface area contributed by atoms with E-state index in [1.165, 1.54) is 111 Å². The van der Waals surface area contributed by atoms with Crippen molar-refractivity contribution in [3.8, 4) is 89.0 Å². The Morgan fingerprint density at radius 1 is 0.169 bits per heavy atom. The third-order valence-corrected chi connectivity index (χ3v) is 18.8. The summed E-state index contributed by atoms with van der Waals surface area (Å²) < 4.78 is 0. The van der Waals surface area contributed by atoms with Crippen LogP contribution in [0.2, 0.25) is 0 Å². The first kappa shape index (κ1) is 51.8. The fourth-order valence-electron chi connectivity index (χ4n) is 15.4. The van der Waals surface area contributed by atoms with Crippen molar-refractivity contribution < 1.29 is 0 Å². The Morgan fingerprint density at radius 3 is 0.494 bits per heavy atom. The van der Waals surface area contributed by atoms with Gasteiger partial charge in [-0.3, -0.25) is 0 Å². The molecular formula is C83H68. The number of fused-ring (bicyclic) bond motifs is 2. The summed E-state index contributed by atoms with van der Waals surface area (Å²) in [4.78, 5) is 0. The van der Waals surface area contributed by atoms with E-state index in [9.17, 15) is 0 Å². The lowest BCUT2D eigenvalue weighted by Crippen LogP contribution is -2.59. The summed E-state index contributed by atoms with van der Waals surface area (Å²) in [5, 5.41) is 0. The van der Waals surface area contributed by atoms with Gasteiger partial charge < -0.3 is 0 Å². The minimum atomic E-state index is -0.338. The van der Waals surface area contributed by atoms with Crippen LogP contribution in [-0.2, 0) is 21.7 Å². The van der Waals surface area contributed by atoms with Gasteiger partial charge >= 0.3 is 0 Å². The molecule has 0 unspecified atom stereocenters. The van der Waals surface area contributed by atoms with E-state index in [2.05, 4.69) is 329 Å². The summed E-state index contributed by atoms with van der Waals surface area (Å²) in [6.45, 7) is 5.30. The second-order valence-electron chi connectivity index (χ2n) is 24.7. The standard InChI is InChI=1S/C83H68/c1-80(76-47-68(60-27-11-3-12-28-60)43-69(48-76)61-29-13-4-14-30-61)55-82(78-51-72(64-35-19-7-20-36-64)45-73(52-78)65-37-21-8-22-38-65)57-81(2,77-49-70(62-31-15-5-16-32-62)44-71(50-77)63-33-17-6-18-34-63)58-83(56-80,59-82)79-53-74(66-39-23-9-24-40-66)46-75(54-79)67-41-25-10-26-42-67/h3-54H,55-59H2,1-2H3. The van der Waals surface area contributed by atoms with Gasteiger partial charge in [0.25, 0.3) is 0 Å². The maximum atomic E-state index is 2.65. The van der Waals surface area contributed by atoms with Gasteiger partial charge in [0.05, 0.1) is 0 Å². The molecule has 2 fully saturated rings. The zero-order valence-electron chi connectivity index (χ0n) is 47.6. The Hall–Kier alpha value is -9.36. The average molecular weight is 1070 g/mol. The normalized spacial score (nSPS) is 20.1. The lowest BCUT2D eigenvalue weighted by atomic mass is 9.39. The van der Waals surface area contributed by atoms with Crippen LogP contribution < -0.4 is 0 Å². The number of hydrogen-bond acceptors (Lipinski definition) is 0. The Bertz CT molecular complexity index is 3670. The average Bonchev–Trinajstić information content (AvgIpc) is 1.80. The van der Waals surface area contributed by atoms with Crippen molar-refractivity contribution in [3.05, 3.63) is 338 Å². The highest BCUT2D eigenvalue weighted by Crippen LogP contribution is 2.68. The molecule has 400 valence electrons. The third-order valence-electron chi connectivity index (χ3n) is 18.8. The zero-order valence-corrected chi connectivity index (χ0v) is 47.6. The van der Waals surface area contributed by atoms with E-state index < -0.39 is 0 Å². The zero-order chi connectivity index (χ0) is 55.9. The molecule has 0 N–H and O–H groups in total. The molecule has 0 heteroatoms. The van der Waals surface area contributed by atoms with E-state index in [1.807, 2.05) is 0 Å². The first-order chi connectivity index (χ1) is 40.7. The minimum absolute atomic E-state index is 0.305. The Kier molecular flexibility index (Phi) is 13.4. The summed E-state index contributed by atoms with van der Waals surface area (Å²) in [5.74, 6) is 0. The fraction of sp³-hybridized carbons (Fsp3) is 0.133. The van der Waals surface area contributed by atoms with Crippen molar-refractivity contribution in [3.63, 3.8) is 0 Å². The van der Waals surface area contributed by atoms with Gasteiger partial charge in [-0.2, -0.15) is 0 Å². The van der Waals surface area contributed by atoms with Gasteiger partial charge in [-0.15, -0.1) is 0 Å². The second-order valence-corrected chi connectivity index (χ2v) is 24.7. The van der Waals surface area contributed by atoms with E-state index >= 15 is 0 Å². The van der Waals surface area contributed by atoms with Crippen molar-refractivity contribution in [2.24, 2.45) is 0 Å². The van der Waals surface area contributed by atoms with Gasteiger partial charge in [0.15, 0.2) is 0 Å². The molecule has 0 saturated heterocycles. The van der Waals surface area contributed by atoms with E-state index in [4.69, 9.17) is 0 Å². The molecule has 12 aromatic carbocycles. The molecule has 0 radical (unpaired) electrons.